The van der Waals surface area contributed by atoms with E-state index in [0.29, 0.717) is 11.6 Å². The number of hydrogen-bond acceptors (Lipinski definition) is 5. The average molecular weight is 345 g/mol. The molecule has 7 nitrogen and oxygen atoms in total. The van der Waals surface area contributed by atoms with E-state index in [0.717, 1.165) is 11.3 Å². The van der Waals surface area contributed by atoms with E-state index < -0.39 is 6.04 Å². The fraction of sp³-hybridized carbons (Fsp3) is 0.375. The highest BCUT2D eigenvalue weighted by Crippen LogP contribution is 2.23. The zero-order chi connectivity index (χ0) is 17.1. The minimum Gasteiger partial charge on any atom is -0.324 e. The molecule has 1 N–H and O–H groups in total. The molecule has 24 heavy (non-hydrogen) atoms. The Morgan fingerprint density at radius 1 is 1.33 bits per heavy atom. The van der Waals surface area contributed by atoms with Crippen molar-refractivity contribution in [1.29, 1.82) is 0 Å². The number of nitrogens with one attached hydrogen (secondary N) is 1. The topological polar surface area (TPSA) is 80.1 Å². The lowest BCUT2D eigenvalue weighted by atomic mass is 10.1. The first kappa shape index (κ1) is 16.5. The van der Waals surface area contributed by atoms with Gasteiger partial charge >= 0.3 is 0 Å². The Kier molecular flexibility index (Phi) is 4.84. The molecule has 1 fully saturated rings. The lowest BCUT2D eigenvalue weighted by Crippen LogP contribution is -2.45. The van der Waals surface area contributed by atoms with Crippen molar-refractivity contribution in [2.75, 3.05) is 16.9 Å². The van der Waals surface area contributed by atoms with Crippen LogP contribution in [0.15, 0.2) is 30.9 Å². The van der Waals surface area contributed by atoms with Crippen molar-refractivity contribution in [1.82, 2.24) is 19.7 Å². The lowest BCUT2D eigenvalue weighted by molar-refractivity contribution is -0.136. The number of benzene rings is 1. The quantitative estimate of drug-likeness (QED) is 0.907. The summed E-state index contributed by atoms with van der Waals surface area (Å²) in [5.74, 6) is 0.819. The molecule has 0 spiro atoms. The number of rotatable bonds is 4. The maximum atomic E-state index is 12.6. The summed E-state index contributed by atoms with van der Waals surface area (Å²) in [6.45, 7) is 4.12. The molecule has 1 aliphatic rings. The maximum absolute atomic E-state index is 12.6. The van der Waals surface area contributed by atoms with E-state index in [1.165, 1.54) is 22.9 Å². The van der Waals surface area contributed by atoms with E-state index >= 15 is 0 Å². The van der Waals surface area contributed by atoms with E-state index in [1.807, 2.05) is 32.0 Å². The molecule has 0 saturated carbocycles. The largest absolute Gasteiger partial charge is 0.324 e. The number of hydrogen-bond donors (Lipinski definition) is 1. The number of aromatic nitrogens is 3. The van der Waals surface area contributed by atoms with Crippen LogP contribution < -0.4 is 5.32 Å². The van der Waals surface area contributed by atoms with Gasteiger partial charge in [0.05, 0.1) is 5.88 Å². The summed E-state index contributed by atoms with van der Waals surface area (Å²) in [7, 11) is 0. The van der Waals surface area contributed by atoms with Crippen LogP contribution in [0.3, 0.4) is 0 Å². The molecule has 2 aromatic rings. The lowest BCUT2D eigenvalue weighted by Gasteiger charge is -2.23. The minimum atomic E-state index is -0.465. The van der Waals surface area contributed by atoms with Gasteiger partial charge in [-0.1, -0.05) is 6.07 Å². The molecule has 2 amide bonds. The predicted molar refractivity (Wildman–Crippen MR) is 92.5 cm³/mol. The first-order chi connectivity index (χ1) is 11.5. The van der Waals surface area contributed by atoms with Crippen LogP contribution in [-0.2, 0) is 16.1 Å². The first-order valence-electron chi connectivity index (χ1n) is 7.62. The van der Waals surface area contributed by atoms with Gasteiger partial charge in [-0.15, -0.1) is 11.8 Å². The number of carbonyl (C=O) groups excluding carboxylic acids is 2. The fourth-order valence-electron chi connectivity index (χ4n) is 2.49. The monoisotopic (exact) mass is 345 g/mol. The molecule has 0 unspecified atom stereocenters. The van der Waals surface area contributed by atoms with Crippen LogP contribution in [0.4, 0.5) is 5.69 Å². The van der Waals surface area contributed by atoms with Crippen LogP contribution in [0, 0.1) is 13.8 Å². The van der Waals surface area contributed by atoms with Crippen molar-refractivity contribution < 1.29 is 9.59 Å². The molecular weight excluding hydrogens is 326 g/mol. The number of nitrogens with zero attached hydrogens (tertiary/aromatic N) is 4. The number of aryl methyl sites for hydroxylation is 2. The molecule has 1 aliphatic heterocycles. The van der Waals surface area contributed by atoms with Crippen LogP contribution >= 0.6 is 11.8 Å². The molecule has 2 heterocycles. The molecule has 8 heteroatoms. The van der Waals surface area contributed by atoms with E-state index in [1.54, 1.807) is 16.7 Å². The Bertz CT molecular complexity index is 747. The predicted octanol–water partition coefficient (Wildman–Crippen LogP) is 1.44. The van der Waals surface area contributed by atoms with Crippen LogP contribution in [0.2, 0.25) is 0 Å². The molecular formula is C16H19N5O2S. The second-order valence-electron chi connectivity index (χ2n) is 5.76. The van der Waals surface area contributed by atoms with Gasteiger partial charge in [-0.3, -0.25) is 9.59 Å². The Labute approximate surface area is 144 Å². The number of carbonyl (C=O) groups is 2. The summed E-state index contributed by atoms with van der Waals surface area (Å²) in [5.41, 5.74) is 3.05. The van der Waals surface area contributed by atoms with Crippen molar-refractivity contribution in [3.05, 3.63) is 42.0 Å². The van der Waals surface area contributed by atoms with Crippen molar-refractivity contribution in [3.8, 4) is 0 Å². The van der Waals surface area contributed by atoms with Crippen LogP contribution in [0.25, 0.3) is 0 Å². The van der Waals surface area contributed by atoms with Gasteiger partial charge in [0.1, 0.15) is 25.2 Å². The molecule has 126 valence electrons. The van der Waals surface area contributed by atoms with Gasteiger partial charge in [0.2, 0.25) is 11.8 Å². The molecule has 3 rings (SSSR count). The fourth-order valence-corrected chi connectivity index (χ4v) is 3.67. The van der Waals surface area contributed by atoms with E-state index in [4.69, 9.17) is 0 Å². The molecule has 1 atom stereocenters. The second kappa shape index (κ2) is 7.04. The van der Waals surface area contributed by atoms with Gasteiger partial charge in [-0.2, -0.15) is 5.10 Å². The third kappa shape index (κ3) is 3.59. The highest BCUT2D eigenvalue weighted by molar-refractivity contribution is 7.99. The van der Waals surface area contributed by atoms with E-state index in [2.05, 4.69) is 15.4 Å². The van der Waals surface area contributed by atoms with Crippen LogP contribution in [-0.4, -0.2) is 49.2 Å². The Balaban J connectivity index is 1.66. The summed E-state index contributed by atoms with van der Waals surface area (Å²) < 4.78 is 1.46. The van der Waals surface area contributed by atoms with Crippen LogP contribution in [0.5, 0.6) is 0 Å². The molecule has 0 aliphatic carbocycles. The van der Waals surface area contributed by atoms with Crippen molar-refractivity contribution >= 4 is 29.3 Å². The van der Waals surface area contributed by atoms with Gasteiger partial charge in [0.15, 0.2) is 0 Å². The first-order valence-corrected chi connectivity index (χ1v) is 8.78. The summed E-state index contributed by atoms with van der Waals surface area (Å²) in [4.78, 5) is 30.4. The molecule has 1 aromatic carbocycles. The maximum Gasteiger partial charge on any atom is 0.248 e. The number of anilines is 1. The smallest absolute Gasteiger partial charge is 0.248 e. The summed E-state index contributed by atoms with van der Waals surface area (Å²) in [6, 6.07) is 5.33. The van der Waals surface area contributed by atoms with E-state index in [9.17, 15) is 9.59 Å². The second-order valence-corrected chi connectivity index (χ2v) is 6.76. The van der Waals surface area contributed by atoms with Gasteiger partial charge in [-0.25, -0.2) is 9.67 Å². The number of amides is 2. The zero-order valence-electron chi connectivity index (χ0n) is 13.6. The van der Waals surface area contributed by atoms with Gasteiger partial charge in [-0.05, 0) is 37.1 Å². The zero-order valence-corrected chi connectivity index (χ0v) is 14.4. The molecule has 0 radical (unpaired) electrons. The standard InChI is InChI=1S/C16H19N5O2S/c1-11-3-4-13(5-12(11)2)19-16(23)14-7-24-10-21(14)15(22)6-20-9-17-8-18-20/h3-5,8-9,14H,6-7,10H2,1-2H3,(H,19,23)/t14-/m0/s1. The van der Waals surface area contributed by atoms with Crippen molar-refractivity contribution in [2.45, 2.75) is 26.4 Å². The van der Waals surface area contributed by atoms with Gasteiger partial charge in [0.25, 0.3) is 0 Å². The average Bonchev–Trinajstić information content (AvgIpc) is 3.22. The summed E-state index contributed by atoms with van der Waals surface area (Å²) in [6.07, 6.45) is 2.88. The SMILES string of the molecule is Cc1ccc(NC(=O)[C@@H]2CSCN2C(=O)Cn2cncn2)cc1C. The molecule has 1 aromatic heterocycles. The van der Waals surface area contributed by atoms with Crippen molar-refractivity contribution in [2.24, 2.45) is 0 Å². The van der Waals surface area contributed by atoms with Crippen molar-refractivity contribution in [3.63, 3.8) is 0 Å². The highest BCUT2D eigenvalue weighted by Gasteiger charge is 2.34. The molecule has 1 saturated heterocycles. The van der Waals surface area contributed by atoms with Gasteiger partial charge in [0, 0.05) is 11.4 Å². The third-order valence-corrected chi connectivity index (χ3v) is 5.06. The van der Waals surface area contributed by atoms with E-state index in [-0.39, 0.29) is 18.4 Å². The molecule has 0 bridgehead atoms. The summed E-state index contributed by atoms with van der Waals surface area (Å²) in [5, 5.41) is 6.85. The highest BCUT2D eigenvalue weighted by atomic mass is 32.2. The Hall–Kier alpha value is -2.35. The Morgan fingerprint density at radius 2 is 2.17 bits per heavy atom. The third-order valence-electron chi connectivity index (χ3n) is 4.04. The Morgan fingerprint density at radius 3 is 2.88 bits per heavy atom. The minimum absolute atomic E-state index is 0.0912. The van der Waals surface area contributed by atoms with Gasteiger partial charge < -0.3 is 10.2 Å². The number of thioether (sulfide) groups is 1. The van der Waals surface area contributed by atoms with Crippen LogP contribution in [0.1, 0.15) is 11.1 Å². The normalized spacial score (nSPS) is 17.1. The summed E-state index contributed by atoms with van der Waals surface area (Å²) >= 11 is 1.57.